The molecule has 1 aromatic rings. The molecule has 6 nitrogen and oxygen atoms in total. The van der Waals surface area contributed by atoms with Gasteiger partial charge in [-0.2, -0.15) is 4.98 Å². The summed E-state index contributed by atoms with van der Waals surface area (Å²) in [7, 11) is -3.18. The number of nitrogens with zero attached hydrogens (tertiary/aromatic N) is 3. The lowest BCUT2D eigenvalue weighted by Gasteiger charge is -2.06. The number of hydrogen-bond acceptors (Lipinski definition) is 6. The molecule has 1 rings (SSSR count). The largest absolute Gasteiger partial charge is 0.368 e. The monoisotopic (exact) mass is 202 g/mol. The molecular formula is C6H10N4O2S. The highest BCUT2D eigenvalue weighted by atomic mass is 32.2. The summed E-state index contributed by atoms with van der Waals surface area (Å²) in [5, 5.41) is -0.752. The molecule has 0 spiro atoms. The van der Waals surface area contributed by atoms with Crippen LogP contribution in [0.1, 0.15) is 18.0 Å². The van der Waals surface area contributed by atoms with Gasteiger partial charge in [-0.25, -0.2) is 18.4 Å². The zero-order valence-corrected chi connectivity index (χ0v) is 8.11. The van der Waals surface area contributed by atoms with Crippen LogP contribution < -0.4 is 5.73 Å². The van der Waals surface area contributed by atoms with Crippen molar-refractivity contribution in [3.8, 4) is 0 Å². The number of rotatable bonds is 2. The quantitative estimate of drug-likeness (QED) is 0.698. The summed E-state index contributed by atoms with van der Waals surface area (Å²) < 4.78 is 22.2. The predicted octanol–water partition coefficient (Wildman–Crippen LogP) is -0.441. The number of nitrogens with two attached hydrogens (primary N) is 1. The van der Waals surface area contributed by atoms with E-state index in [1.165, 1.54) is 13.3 Å². The Morgan fingerprint density at radius 3 is 2.54 bits per heavy atom. The molecule has 13 heavy (non-hydrogen) atoms. The summed E-state index contributed by atoms with van der Waals surface area (Å²) in [5.74, 6) is 0.204. The van der Waals surface area contributed by atoms with E-state index in [-0.39, 0.29) is 11.8 Å². The lowest BCUT2D eigenvalue weighted by molar-refractivity contribution is 0.589. The molecule has 0 amide bonds. The number of anilines is 1. The fourth-order valence-electron chi connectivity index (χ4n) is 0.710. The van der Waals surface area contributed by atoms with Gasteiger partial charge in [0.25, 0.3) is 0 Å². The Morgan fingerprint density at radius 1 is 1.46 bits per heavy atom. The fourth-order valence-corrected chi connectivity index (χ4v) is 1.21. The van der Waals surface area contributed by atoms with Crippen LogP contribution in [0, 0.1) is 0 Å². The summed E-state index contributed by atoms with van der Waals surface area (Å²) in [6.07, 6.45) is 2.32. The number of sulfone groups is 1. The molecule has 0 aliphatic rings. The van der Waals surface area contributed by atoms with E-state index in [0.717, 1.165) is 6.26 Å². The average Bonchev–Trinajstić information content (AvgIpc) is 2.01. The van der Waals surface area contributed by atoms with Gasteiger partial charge >= 0.3 is 0 Å². The molecule has 2 N–H and O–H groups in total. The van der Waals surface area contributed by atoms with E-state index in [4.69, 9.17) is 5.73 Å². The van der Waals surface area contributed by atoms with Gasteiger partial charge in [0.1, 0.15) is 11.6 Å². The molecule has 7 heteroatoms. The normalized spacial score (nSPS) is 14.0. The molecule has 0 aliphatic carbocycles. The standard InChI is InChI=1S/C6H10N4O2S/c1-4(13(2,11)12)5-8-3-9-6(7)10-5/h3-4H,1-2H3,(H2,7,8,9,10). The molecule has 0 aliphatic heterocycles. The second kappa shape index (κ2) is 3.25. The second-order valence-corrected chi connectivity index (χ2v) is 5.04. The zero-order chi connectivity index (χ0) is 10.1. The molecule has 1 aromatic heterocycles. The Hall–Kier alpha value is -1.24. The minimum atomic E-state index is -3.18. The maximum absolute atomic E-state index is 11.1. The Labute approximate surface area is 76.2 Å². The van der Waals surface area contributed by atoms with Crippen LogP contribution in [0.25, 0.3) is 0 Å². The maximum atomic E-state index is 11.1. The second-order valence-electron chi connectivity index (χ2n) is 2.67. The van der Waals surface area contributed by atoms with E-state index in [1.54, 1.807) is 0 Å². The van der Waals surface area contributed by atoms with Gasteiger partial charge in [-0.3, -0.25) is 0 Å². The minimum absolute atomic E-state index is 0.0282. The van der Waals surface area contributed by atoms with E-state index in [0.29, 0.717) is 0 Å². The summed E-state index contributed by atoms with van der Waals surface area (Å²) in [6.45, 7) is 1.50. The minimum Gasteiger partial charge on any atom is -0.368 e. The molecular weight excluding hydrogens is 192 g/mol. The SMILES string of the molecule is CC(c1ncnc(N)n1)S(C)(=O)=O. The number of nitrogen functional groups attached to an aromatic ring is 1. The van der Waals surface area contributed by atoms with Crippen LogP contribution in [0.4, 0.5) is 5.95 Å². The summed E-state index contributed by atoms with van der Waals surface area (Å²) >= 11 is 0. The predicted molar refractivity (Wildman–Crippen MR) is 47.5 cm³/mol. The van der Waals surface area contributed by atoms with Crippen molar-refractivity contribution in [3.05, 3.63) is 12.2 Å². The van der Waals surface area contributed by atoms with E-state index in [9.17, 15) is 8.42 Å². The van der Waals surface area contributed by atoms with Gasteiger partial charge in [-0.15, -0.1) is 0 Å². The maximum Gasteiger partial charge on any atom is 0.223 e. The van der Waals surface area contributed by atoms with Crippen LogP contribution in [0.2, 0.25) is 0 Å². The van der Waals surface area contributed by atoms with Crippen molar-refractivity contribution in [2.24, 2.45) is 0 Å². The molecule has 1 heterocycles. The first kappa shape index (κ1) is 9.85. The van der Waals surface area contributed by atoms with Gasteiger partial charge in [0.15, 0.2) is 15.7 Å². The van der Waals surface area contributed by atoms with Crippen LogP contribution in [0.5, 0.6) is 0 Å². The van der Waals surface area contributed by atoms with Gasteiger partial charge < -0.3 is 5.73 Å². The smallest absolute Gasteiger partial charge is 0.223 e. The van der Waals surface area contributed by atoms with Crippen molar-refractivity contribution >= 4 is 15.8 Å². The van der Waals surface area contributed by atoms with Crippen molar-refractivity contribution in [1.29, 1.82) is 0 Å². The van der Waals surface area contributed by atoms with Crippen LogP contribution in [-0.4, -0.2) is 29.6 Å². The highest BCUT2D eigenvalue weighted by molar-refractivity contribution is 7.90. The van der Waals surface area contributed by atoms with Crippen LogP contribution in [-0.2, 0) is 9.84 Å². The van der Waals surface area contributed by atoms with Gasteiger partial charge in [0, 0.05) is 6.26 Å². The fraction of sp³-hybridized carbons (Fsp3) is 0.500. The number of aromatic nitrogens is 3. The molecule has 1 unspecified atom stereocenters. The summed E-state index contributed by atoms with van der Waals surface area (Å²) in [6, 6.07) is 0. The molecule has 0 aromatic carbocycles. The first-order chi connectivity index (χ1) is 5.91. The Bertz CT molecular complexity index is 403. The Morgan fingerprint density at radius 2 is 2.08 bits per heavy atom. The highest BCUT2D eigenvalue weighted by Gasteiger charge is 2.20. The third-order valence-corrected chi connectivity index (χ3v) is 3.11. The molecule has 1 atom stereocenters. The van der Waals surface area contributed by atoms with Crippen molar-refractivity contribution in [1.82, 2.24) is 15.0 Å². The Balaban J connectivity index is 3.10. The van der Waals surface area contributed by atoms with E-state index in [1.807, 2.05) is 0 Å². The van der Waals surface area contributed by atoms with Crippen molar-refractivity contribution in [2.75, 3.05) is 12.0 Å². The van der Waals surface area contributed by atoms with E-state index < -0.39 is 15.1 Å². The van der Waals surface area contributed by atoms with Gasteiger partial charge in [-0.1, -0.05) is 0 Å². The highest BCUT2D eigenvalue weighted by Crippen LogP contribution is 2.15. The third kappa shape index (κ3) is 2.35. The first-order valence-electron chi connectivity index (χ1n) is 3.54. The lowest BCUT2D eigenvalue weighted by atomic mass is 10.4. The summed E-state index contributed by atoms with van der Waals surface area (Å²) in [4.78, 5) is 11.0. The molecule has 0 fully saturated rings. The van der Waals surface area contributed by atoms with Crippen LogP contribution >= 0.6 is 0 Å². The first-order valence-corrected chi connectivity index (χ1v) is 5.50. The van der Waals surface area contributed by atoms with E-state index >= 15 is 0 Å². The topological polar surface area (TPSA) is 98.8 Å². The van der Waals surface area contributed by atoms with Crippen molar-refractivity contribution in [3.63, 3.8) is 0 Å². The lowest BCUT2D eigenvalue weighted by Crippen LogP contribution is -2.12. The van der Waals surface area contributed by atoms with E-state index in [2.05, 4.69) is 15.0 Å². The molecule has 0 radical (unpaired) electrons. The molecule has 72 valence electrons. The van der Waals surface area contributed by atoms with Gasteiger partial charge in [-0.05, 0) is 6.92 Å². The van der Waals surface area contributed by atoms with Crippen LogP contribution in [0.15, 0.2) is 6.33 Å². The van der Waals surface area contributed by atoms with Crippen molar-refractivity contribution in [2.45, 2.75) is 12.2 Å². The van der Waals surface area contributed by atoms with Gasteiger partial charge in [0.05, 0.1) is 0 Å². The molecule has 0 bridgehead atoms. The molecule has 0 saturated heterocycles. The summed E-state index contributed by atoms with van der Waals surface area (Å²) in [5.41, 5.74) is 5.28. The third-order valence-electron chi connectivity index (χ3n) is 1.61. The number of hydrogen-bond donors (Lipinski definition) is 1. The zero-order valence-electron chi connectivity index (χ0n) is 7.30. The average molecular weight is 202 g/mol. The van der Waals surface area contributed by atoms with Crippen molar-refractivity contribution < 1.29 is 8.42 Å². The van der Waals surface area contributed by atoms with Gasteiger partial charge in [0.2, 0.25) is 5.95 Å². The van der Waals surface area contributed by atoms with Crippen LogP contribution in [0.3, 0.4) is 0 Å². The Kier molecular flexibility index (Phi) is 2.46. The molecule has 0 saturated carbocycles.